The van der Waals surface area contributed by atoms with E-state index in [4.69, 9.17) is 14.5 Å². The van der Waals surface area contributed by atoms with Gasteiger partial charge in [-0.2, -0.15) is 0 Å². The van der Waals surface area contributed by atoms with E-state index in [0.717, 1.165) is 6.26 Å². The van der Waals surface area contributed by atoms with Gasteiger partial charge in [0.15, 0.2) is 0 Å². The van der Waals surface area contributed by atoms with E-state index in [1.165, 1.54) is 7.11 Å². The first kappa shape index (κ1) is 11.6. The lowest BCUT2D eigenvalue weighted by molar-refractivity contribution is 0.214. The van der Waals surface area contributed by atoms with Gasteiger partial charge in [-0.25, -0.2) is 0 Å². The van der Waals surface area contributed by atoms with Crippen LogP contribution in [0.2, 0.25) is 0 Å². The maximum absolute atomic E-state index is 10.7. The molecular weight excluding hydrogens is 183 g/mol. The molecule has 0 bridgehead atoms. The van der Waals surface area contributed by atoms with Gasteiger partial charge in [-0.05, 0) is 6.92 Å². The Labute approximate surface area is 71.2 Å². The van der Waals surface area contributed by atoms with Crippen LogP contribution in [0.1, 0.15) is 6.92 Å². The van der Waals surface area contributed by atoms with E-state index < -0.39 is 7.60 Å². The molecule has 0 aliphatic carbocycles. The number of rotatable bonds is 5. The lowest BCUT2D eigenvalue weighted by Gasteiger charge is -2.07. The van der Waals surface area contributed by atoms with E-state index in [0.29, 0.717) is 6.61 Å². The molecule has 0 fully saturated rings. The van der Waals surface area contributed by atoms with Gasteiger partial charge < -0.3 is 19.3 Å². The molecule has 0 unspecified atom stereocenters. The van der Waals surface area contributed by atoms with Crippen LogP contribution in [0.15, 0.2) is 11.6 Å². The standard InChI is InChI=1S/C6H13O5P/c1-3-11-5-6(4-10-2)12(7,8)9/h5H,3-4H2,1-2H3,(H2,7,8,9). The van der Waals surface area contributed by atoms with Gasteiger partial charge in [-0.1, -0.05) is 0 Å². The molecule has 0 aromatic heterocycles. The third-order valence-corrected chi connectivity index (χ3v) is 2.04. The molecule has 2 N–H and O–H groups in total. The molecular formula is C6H13O5P. The van der Waals surface area contributed by atoms with Crippen molar-refractivity contribution in [2.45, 2.75) is 6.92 Å². The third-order valence-electron chi connectivity index (χ3n) is 1.05. The molecule has 12 heavy (non-hydrogen) atoms. The SMILES string of the molecule is CCOC=C(COC)P(=O)(O)O. The lowest BCUT2D eigenvalue weighted by atomic mass is 10.6. The van der Waals surface area contributed by atoms with Gasteiger partial charge in [-0.15, -0.1) is 0 Å². The van der Waals surface area contributed by atoms with Crippen molar-refractivity contribution in [2.75, 3.05) is 20.3 Å². The fourth-order valence-corrected chi connectivity index (χ4v) is 1.02. The monoisotopic (exact) mass is 196 g/mol. The molecule has 0 amide bonds. The first-order valence-corrected chi connectivity index (χ1v) is 4.99. The number of hydrogen-bond acceptors (Lipinski definition) is 3. The molecule has 0 rings (SSSR count). The van der Waals surface area contributed by atoms with Crippen LogP contribution in [0.5, 0.6) is 0 Å². The summed E-state index contributed by atoms with van der Waals surface area (Å²) in [6, 6.07) is 0. The molecule has 0 atom stereocenters. The Kier molecular flexibility index (Phi) is 5.17. The summed E-state index contributed by atoms with van der Waals surface area (Å²) >= 11 is 0. The predicted octanol–water partition coefficient (Wildman–Crippen LogP) is 0.688. The third kappa shape index (κ3) is 4.51. The Morgan fingerprint density at radius 3 is 2.50 bits per heavy atom. The molecule has 0 spiro atoms. The Bertz CT molecular complexity index is 194. The second kappa shape index (κ2) is 5.32. The van der Waals surface area contributed by atoms with Gasteiger partial charge in [0.1, 0.15) is 5.31 Å². The molecule has 0 radical (unpaired) electrons. The molecule has 0 aliphatic rings. The second-order valence-electron chi connectivity index (χ2n) is 2.04. The number of methoxy groups -OCH3 is 1. The molecule has 0 aromatic rings. The number of hydrogen-bond donors (Lipinski definition) is 2. The minimum absolute atomic E-state index is 0.121. The van der Waals surface area contributed by atoms with E-state index in [1.807, 2.05) is 0 Å². The van der Waals surface area contributed by atoms with Crippen LogP contribution >= 0.6 is 7.60 Å². The van der Waals surface area contributed by atoms with E-state index >= 15 is 0 Å². The van der Waals surface area contributed by atoms with Gasteiger partial charge in [0.2, 0.25) is 0 Å². The molecule has 0 saturated carbocycles. The summed E-state index contributed by atoms with van der Waals surface area (Å²) in [5.41, 5.74) is 0. The molecule has 72 valence electrons. The molecule has 5 nitrogen and oxygen atoms in total. The van der Waals surface area contributed by atoms with Crippen molar-refractivity contribution in [3.05, 3.63) is 11.6 Å². The maximum Gasteiger partial charge on any atom is 0.357 e. The van der Waals surface area contributed by atoms with Gasteiger partial charge in [0.25, 0.3) is 0 Å². The van der Waals surface area contributed by atoms with Crippen LogP contribution in [-0.4, -0.2) is 30.1 Å². The van der Waals surface area contributed by atoms with Crippen molar-refractivity contribution >= 4 is 7.60 Å². The summed E-state index contributed by atoms with van der Waals surface area (Å²) < 4.78 is 20.0. The van der Waals surface area contributed by atoms with Crippen LogP contribution in [-0.2, 0) is 14.0 Å². The summed E-state index contributed by atoms with van der Waals surface area (Å²) in [7, 11) is -2.85. The molecule has 0 aliphatic heterocycles. The normalized spacial score (nSPS) is 13.2. The molecule has 0 aromatic carbocycles. The Morgan fingerprint density at radius 1 is 1.58 bits per heavy atom. The minimum Gasteiger partial charge on any atom is -0.501 e. The highest BCUT2D eigenvalue weighted by Gasteiger charge is 2.20. The summed E-state index contributed by atoms with van der Waals surface area (Å²) in [5, 5.41) is -0.146. The van der Waals surface area contributed by atoms with E-state index in [-0.39, 0.29) is 11.9 Å². The smallest absolute Gasteiger partial charge is 0.357 e. The van der Waals surface area contributed by atoms with Crippen LogP contribution in [0.3, 0.4) is 0 Å². The van der Waals surface area contributed by atoms with Crippen molar-refractivity contribution in [3.63, 3.8) is 0 Å². The average Bonchev–Trinajstić information content (AvgIpc) is 1.95. The van der Waals surface area contributed by atoms with Crippen LogP contribution in [0, 0.1) is 0 Å². The zero-order valence-electron chi connectivity index (χ0n) is 7.06. The van der Waals surface area contributed by atoms with E-state index in [1.54, 1.807) is 6.92 Å². The van der Waals surface area contributed by atoms with Crippen LogP contribution in [0.25, 0.3) is 0 Å². The first-order chi connectivity index (χ1) is 5.52. The summed E-state index contributed by atoms with van der Waals surface area (Å²) in [5.74, 6) is 0. The predicted molar refractivity (Wildman–Crippen MR) is 43.6 cm³/mol. The van der Waals surface area contributed by atoms with Crippen molar-refractivity contribution in [2.24, 2.45) is 0 Å². The molecule has 6 heteroatoms. The first-order valence-electron chi connectivity index (χ1n) is 3.38. The Morgan fingerprint density at radius 2 is 2.17 bits per heavy atom. The van der Waals surface area contributed by atoms with Gasteiger partial charge in [0, 0.05) is 7.11 Å². The second-order valence-corrected chi connectivity index (χ2v) is 3.70. The topological polar surface area (TPSA) is 76.0 Å². The van der Waals surface area contributed by atoms with Crippen molar-refractivity contribution in [1.82, 2.24) is 0 Å². The largest absolute Gasteiger partial charge is 0.501 e. The zero-order chi connectivity index (χ0) is 9.61. The highest BCUT2D eigenvalue weighted by Crippen LogP contribution is 2.44. The quantitative estimate of drug-likeness (QED) is 0.499. The lowest BCUT2D eigenvalue weighted by Crippen LogP contribution is -1.97. The van der Waals surface area contributed by atoms with Crippen LogP contribution in [0.4, 0.5) is 0 Å². The molecule has 0 heterocycles. The zero-order valence-corrected chi connectivity index (χ0v) is 7.95. The Hall–Kier alpha value is -0.350. The maximum atomic E-state index is 10.7. The summed E-state index contributed by atoms with van der Waals surface area (Å²) in [6.45, 7) is 1.97. The van der Waals surface area contributed by atoms with Crippen molar-refractivity contribution in [3.8, 4) is 0 Å². The fraction of sp³-hybridized carbons (Fsp3) is 0.667. The van der Waals surface area contributed by atoms with Crippen molar-refractivity contribution < 1.29 is 23.8 Å². The van der Waals surface area contributed by atoms with E-state index in [9.17, 15) is 4.57 Å². The van der Waals surface area contributed by atoms with Crippen LogP contribution < -0.4 is 0 Å². The average molecular weight is 196 g/mol. The molecule has 0 saturated heterocycles. The fourth-order valence-electron chi connectivity index (χ4n) is 0.514. The van der Waals surface area contributed by atoms with Gasteiger partial charge in [0.05, 0.1) is 19.5 Å². The van der Waals surface area contributed by atoms with E-state index in [2.05, 4.69) is 4.74 Å². The van der Waals surface area contributed by atoms with Gasteiger partial charge >= 0.3 is 7.60 Å². The summed E-state index contributed by atoms with van der Waals surface area (Å²) in [6.07, 6.45) is 1.05. The van der Waals surface area contributed by atoms with Gasteiger partial charge in [-0.3, -0.25) is 4.57 Å². The highest BCUT2D eigenvalue weighted by atomic mass is 31.2. The highest BCUT2D eigenvalue weighted by molar-refractivity contribution is 7.56. The number of ether oxygens (including phenoxy) is 2. The minimum atomic E-state index is -4.21. The van der Waals surface area contributed by atoms with Crippen molar-refractivity contribution in [1.29, 1.82) is 0 Å². The Balaban J connectivity index is 4.33. The summed E-state index contributed by atoms with van der Waals surface area (Å²) in [4.78, 5) is 17.4.